The summed E-state index contributed by atoms with van der Waals surface area (Å²) in [4.78, 5) is 24.2. The summed E-state index contributed by atoms with van der Waals surface area (Å²) in [5.41, 5.74) is 0.0655. The molecule has 0 radical (unpaired) electrons. The fraction of sp³-hybridized carbons (Fsp3) is 0.810. The zero-order valence-electron chi connectivity index (χ0n) is 17.5. The van der Waals surface area contributed by atoms with Crippen LogP contribution in [0.5, 0.6) is 0 Å². The van der Waals surface area contributed by atoms with Gasteiger partial charge in [0.2, 0.25) is 11.8 Å². The van der Waals surface area contributed by atoms with Crippen molar-refractivity contribution in [3.8, 4) is 0 Å². The molecule has 4 bridgehead atoms. The quantitative estimate of drug-likeness (QED) is 0.508. The Morgan fingerprint density at radius 2 is 1.79 bits per heavy atom. The molecule has 0 unspecified atom stereocenters. The molecule has 8 heteroatoms. The van der Waals surface area contributed by atoms with Gasteiger partial charge in [0.05, 0.1) is 12.9 Å². The minimum absolute atomic E-state index is 0.0655. The molecule has 1 aromatic heterocycles. The van der Waals surface area contributed by atoms with Gasteiger partial charge in [-0.25, -0.2) is 4.79 Å². The van der Waals surface area contributed by atoms with Crippen LogP contribution in [-0.4, -0.2) is 41.0 Å². The summed E-state index contributed by atoms with van der Waals surface area (Å²) in [6.07, 6.45) is 8.15. The van der Waals surface area contributed by atoms with Crippen LogP contribution >= 0.6 is 11.8 Å². The van der Waals surface area contributed by atoms with Crippen LogP contribution in [0, 0.1) is 23.7 Å². The molecule has 4 aliphatic carbocycles. The molecule has 0 aromatic carbocycles. The first-order valence-corrected chi connectivity index (χ1v) is 11.7. The summed E-state index contributed by atoms with van der Waals surface area (Å²) in [5.74, 6) is 2.95. The molecule has 7 nitrogen and oxygen atoms in total. The molecule has 0 spiro atoms. The molecule has 4 aliphatic rings. The van der Waals surface area contributed by atoms with Gasteiger partial charge in [0.25, 0.3) is 5.22 Å². The minimum Gasteiger partial charge on any atom is -0.467 e. The van der Waals surface area contributed by atoms with Crippen LogP contribution in [0.2, 0.25) is 0 Å². The van der Waals surface area contributed by atoms with Crippen molar-refractivity contribution in [1.29, 1.82) is 0 Å². The van der Waals surface area contributed by atoms with Crippen LogP contribution in [-0.2, 0) is 19.7 Å². The van der Waals surface area contributed by atoms with Crippen LogP contribution in [0.25, 0.3) is 0 Å². The molecule has 0 aliphatic heterocycles. The molecule has 160 valence electrons. The SMILES string of the molecule is COC(=O)[C@@H](CC(C)C)NC(=O)CSc1nnc(C23CC4CC(CC(C4)C2)C3)o1. The molecule has 1 heterocycles. The zero-order chi connectivity index (χ0) is 20.6. The Hall–Kier alpha value is -1.57. The Labute approximate surface area is 176 Å². The lowest BCUT2D eigenvalue weighted by molar-refractivity contribution is -0.145. The van der Waals surface area contributed by atoms with Crippen LogP contribution in [0.15, 0.2) is 9.64 Å². The van der Waals surface area contributed by atoms with E-state index in [2.05, 4.69) is 15.5 Å². The van der Waals surface area contributed by atoms with Crippen molar-refractivity contribution in [2.24, 2.45) is 23.7 Å². The van der Waals surface area contributed by atoms with Crippen LogP contribution in [0.4, 0.5) is 0 Å². The first kappa shape index (κ1) is 20.7. The van der Waals surface area contributed by atoms with Gasteiger partial charge in [0.15, 0.2) is 0 Å². The van der Waals surface area contributed by atoms with E-state index < -0.39 is 12.0 Å². The van der Waals surface area contributed by atoms with Crippen molar-refractivity contribution < 1.29 is 18.7 Å². The number of nitrogens with zero attached hydrogens (tertiary/aromatic N) is 2. The number of nitrogens with one attached hydrogen (secondary N) is 1. The van der Waals surface area contributed by atoms with E-state index in [0.717, 1.165) is 23.6 Å². The first-order valence-electron chi connectivity index (χ1n) is 10.7. The standard InChI is InChI=1S/C21H31N3O4S/c1-12(2)4-16(18(26)27-3)22-17(25)11-29-20-24-23-19(28-20)21-8-13-5-14(9-21)7-15(6-13)10-21/h12-16H,4-11H2,1-3H3,(H,22,25)/t13?,14?,15?,16-,21?/m1/s1. The van der Waals surface area contributed by atoms with Gasteiger partial charge in [0.1, 0.15) is 6.04 Å². The molecule has 29 heavy (non-hydrogen) atoms. The second-order valence-corrected chi connectivity index (χ2v) is 10.6. The highest BCUT2D eigenvalue weighted by Crippen LogP contribution is 2.60. The molecule has 5 rings (SSSR count). The van der Waals surface area contributed by atoms with Crippen LogP contribution < -0.4 is 5.32 Å². The highest BCUT2D eigenvalue weighted by atomic mass is 32.2. The summed E-state index contributed by atoms with van der Waals surface area (Å²) in [5, 5.41) is 11.8. The van der Waals surface area contributed by atoms with E-state index in [9.17, 15) is 9.59 Å². The summed E-state index contributed by atoms with van der Waals surface area (Å²) < 4.78 is 10.8. The van der Waals surface area contributed by atoms with Gasteiger partial charge in [0, 0.05) is 5.41 Å². The fourth-order valence-electron chi connectivity index (χ4n) is 6.05. The van der Waals surface area contributed by atoms with Gasteiger partial charge in [-0.15, -0.1) is 10.2 Å². The third-order valence-corrected chi connectivity index (χ3v) is 7.57. The number of amides is 1. The monoisotopic (exact) mass is 421 g/mol. The molecule has 0 saturated heterocycles. The average Bonchev–Trinajstić information content (AvgIpc) is 3.14. The van der Waals surface area contributed by atoms with Gasteiger partial charge >= 0.3 is 5.97 Å². The lowest BCUT2D eigenvalue weighted by Crippen LogP contribution is -2.48. The predicted octanol–water partition coefficient (Wildman–Crippen LogP) is 3.33. The maximum Gasteiger partial charge on any atom is 0.328 e. The van der Waals surface area contributed by atoms with Crippen molar-refractivity contribution in [3.63, 3.8) is 0 Å². The Morgan fingerprint density at radius 1 is 1.17 bits per heavy atom. The second-order valence-electron chi connectivity index (χ2n) is 9.63. The highest BCUT2D eigenvalue weighted by molar-refractivity contribution is 7.99. The summed E-state index contributed by atoms with van der Waals surface area (Å²) in [6, 6.07) is -0.627. The molecule has 4 saturated carbocycles. The summed E-state index contributed by atoms with van der Waals surface area (Å²) in [7, 11) is 1.33. The smallest absolute Gasteiger partial charge is 0.328 e. The molecule has 1 atom stereocenters. The third-order valence-electron chi connectivity index (χ3n) is 6.75. The van der Waals surface area contributed by atoms with Crippen molar-refractivity contribution in [3.05, 3.63) is 5.89 Å². The van der Waals surface area contributed by atoms with Crippen LogP contribution in [0.1, 0.15) is 64.7 Å². The number of esters is 1. The Kier molecular flexibility index (Phi) is 5.91. The normalized spacial score (nSPS) is 31.1. The third kappa shape index (κ3) is 4.47. The maximum atomic E-state index is 12.3. The number of aromatic nitrogens is 2. The predicted molar refractivity (Wildman–Crippen MR) is 108 cm³/mol. The lowest BCUT2D eigenvalue weighted by atomic mass is 9.49. The second kappa shape index (κ2) is 8.28. The van der Waals surface area contributed by atoms with Crippen molar-refractivity contribution in [2.75, 3.05) is 12.9 Å². The Bertz CT molecular complexity index is 728. The topological polar surface area (TPSA) is 94.3 Å². The number of hydrogen-bond acceptors (Lipinski definition) is 7. The molecular formula is C21H31N3O4S. The molecule has 1 amide bonds. The van der Waals surface area contributed by atoms with Gasteiger partial charge in [-0.05, 0) is 68.6 Å². The average molecular weight is 422 g/mol. The molecule has 1 aromatic rings. The number of methoxy groups -OCH3 is 1. The Morgan fingerprint density at radius 3 is 2.34 bits per heavy atom. The Balaban J connectivity index is 1.34. The van der Waals surface area contributed by atoms with E-state index in [0.29, 0.717) is 11.6 Å². The van der Waals surface area contributed by atoms with Gasteiger partial charge < -0.3 is 14.5 Å². The maximum absolute atomic E-state index is 12.3. The van der Waals surface area contributed by atoms with Gasteiger partial charge in [-0.1, -0.05) is 25.6 Å². The highest BCUT2D eigenvalue weighted by Gasteiger charge is 2.54. The largest absolute Gasteiger partial charge is 0.467 e. The van der Waals surface area contributed by atoms with E-state index in [-0.39, 0.29) is 23.0 Å². The van der Waals surface area contributed by atoms with Crippen molar-refractivity contribution in [1.82, 2.24) is 15.5 Å². The molecular weight excluding hydrogens is 390 g/mol. The van der Waals surface area contributed by atoms with E-state index in [1.807, 2.05) is 13.8 Å². The lowest BCUT2D eigenvalue weighted by Gasteiger charge is -2.55. The number of rotatable bonds is 8. The first-order chi connectivity index (χ1) is 13.9. The van der Waals surface area contributed by atoms with E-state index >= 15 is 0 Å². The summed E-state index contributed by atoms with van der Waals surface area (Å²) in [6.45, 7) is 4.00. The zero-order valence-corrected chi connectivity index (χ0v) is 18.3. The molecule has 4 fully saturated rings. The number of hydrogen-bond donors (Lipinski definition) is 1. The number of carbonyl (C=O) groups is 2. The van der Waals surface area contributed by atoms with E-state index in [4.69, 9.17) is 9.15 Å². The number of carbonyl (C=O) groups excluding carboxylic acids is 2. The summed E-state index contributed by atoms with van der Waals surface area (Å²) >= 11 is 1.23. The fourth-order valence-corrected chi connectivity index (χ4v) is 6.62. The van der Waals surface area contributed by atoms with E-state index in [1.54, 1.807) is 0 Å². The van der Waals surface area contributed by atoms with Crippen molar-refractivity contribution in [2.45, 2.75) is 75.5 Å². The van der Waals surface area contributed by atoms with Crippen molar-refractivity contribution >= 4 is 23.6 Å². The van der Waals surface area contributed by atoms with E-state index in [1.165, 1.54) is 57.4 Å². The number of thioether (sulfide) groups is 1. The van der Waals surface area contributed by atoms with Gasteiger partial charge in [-0.3, -0.25) is 4.79 Å². The van der Waals surface area contributed by atoms with Gasteiger partial charge in [-0.2, -0.15) is 0 Å². The minimum atomic E-state index is -0.627. The van der Waals surface area contributed by atoms with Crippen LogP contribution in [0.3, 0.4) is 0 Å². The molecule has 1 N–H and O–H groups in total. The number of ether oxygens (including phenoxy) is 1.